The molecule has 94 valence electrons. The van der Waals surface area contributed by atoms with Gasteiger partial charge in [-0.1, -0.05) is 0 Å². The topological polar surface area (TPSA) is 57.8 Å². The molecule has 0 saturated carbocycles. The molecule has 1 aromatic heterocycles. The van der Waals surface area contributed by atoms with Gasteiger partial charge in [0.2, 0.25) is 0 Å². The predicted octanol–water partition coefficient (Wildman–Crippen LogP) is 3.18. The van der Waals surface area contributed by atoms with Gasteiger partial charge in [0.15, 0.2) is 0 Å². The molecule has 0 radical (unpaired) electrons. The number of aryl methyl sites for hydroxylation is 2. The highest BCUT2D eigenvalue weighted by atomic mass is 79.9. The smallest absolute Gasteiger partial charge is 0.259 e. The number of amides is 1. The lowest BCUT2D eigenvalue weighted by Gasteiger charge is -2.06. The molecule has 2 N–H and O–H groups in total. The molecule has 4 nitrogen and oxygen atoms in total. The van der Waals surface area contributed by atoms with Crippen LogP contribution in [0, 0.1) is 19.7 Å². The zero-order valence-corrected chi connectivity index (χ0v) is 11.4. The molecule has 0 bridgehead atoms. The van der Waals surface area contributed by atoms with Crippen molar-refractivity contribution < 1.29 is 9.18 Å². The lowest BCUT2D eigenvalue weighted by Crippen LogP contribution is -2.13. The van der Waals surface area contributed by atoms with Crippen LogP contribution in [0.15, 0.2) is 22.7 Å². The number of carbonyl (C=O) groups is 1. The number of hydrogen-bond acceptors (Lipinski definition) is 2. The van der Waals surface area contributed by atoms with Gasteiger partial charge in [-0.3, -0.25) is 9.89 Å². The first kappa shape index (κ1) is 12.8. The fourth-order valence-corrected chi connectivity index (χ4v) is 2.03. The van der Waals surface area contributed by atoms with E-state index in [1.807, 2.05) is 0 Å². The Hall–Kier alpha value is -1.69. The van der Waals surface area contributed by atoms with Gasteiger partial charge < -0.3 is 5.32 Å². The first-order valence-electron chi connectivity index (χ1n) is 5.27. The molecule has 0 atom stereocenters. The van der Waals surface area contributed by atoms with Gasteiger partial charge in [0.25, 0.3) is 5.91 Å². The van der Waals surface area contributed by atoms with Crippen molar-refractivity contribution in [3.05, 3.63) is 45.4 Å². The van der Waals surface area contributed by atoms with Crippen LogP contribution in [0.5, 0.6) is 0 Å². The van der Waals surface area contributed by atoms with E-state index in [0.29, 0.717) is 27.1 Å². The summed E-state index contributed by atoms with van der Waals surface area (Å²) in [4.78, 5) is 12.0. The summed E-state index contributed by atoms with van der Waals surface area (Å²) in [6.45, 7) is 3.52. The summed E-state index contributed by atoms with van der Waals surface area (Å²) in [6.07, 6.45) is 0. The van der Waals surface area contributed by atoms with Gasteiger partial charge in [-0.25, -0.2) is 4.39 Å². The normalized spacial score (nSPS) is 10.4. The summed E-state index contributed by atoms with van der Waals surface area (Å²) in [5.74, 6) is -0.638. The Labute approximate surface area is 112 Å². The molecule has 1 amide bonds. The molecule has 1 heterocycles. The van der Waals surface area contributed by atoms with Crippen molar-refractivity contribution in [1.29, 1.82) is 0 Å². The van der Waals surface area contributed by atoms with Gasteiger partial charge in [0, 0.05) is 11.4 Å². The minimum atomic E-state index is -0.372. The zero-order chi connectivity index (χ0) is 13.3. The minimum absolute atomic E-state index is 0.266. The van der Waals surface area contributed by atoms with Crippen LogP contribution in [0.2, 0.25) is 0 Å². The number of hydrogen-bond donors (Lipinski definition) is 2. The molecule has 0 aliphatic heterocycles. The predicted molar refractivity (Wildman–Crippen MR) is 70.1 cm³/mol. The van der Waals surface area contributed by atoms with E-state index in [0.717, 1.165) is 0 Å². The number of nitrogens with zero attached hydrogens (tertiary/aromatic N) is 1. The van der Waals surface area contributed by atoms with Crippen molar-refractivity contribution in [3.8, 4) is 0 Å². The summed E-state index contributed by atoms with van der Waals surface area (Å²) < 4.78 is 13.4. The largest absolute Gasteiger partial charge is 0.322 e. The van der Waals surface area contributed by atoms with Crippen LogP contribution in [0.1, 0.15) is 21.7 Å². The highest BCUT2D eigenvalue weighted by molar-refractivity contribution is 9.10. The van der Waals surface area contributed by atoms with Crippen molar-refractivity contribution in [2.24, 2.45) is 0 Å². The number of nitrogens with one attached hydrogen (secondary N) is 2. The second-order valence-electron chi connectivity index (χ2n) is 3.89. The maximum absolute atomic E-state index is 13.1. The van der Waals surface area contributed by atoms with E-state index in [1.165, 1.54) is 18.2 Å². The second-order valence-corrected chi connectivity index (χ2v) is 4.75. The Balaban J connectivity index is 2.24. The van der Waals surface area contributed by atoms with Crippen LogP contribution in [0.4, 0.5) is 10.1 Å². The Morgan fingerprint density at radius 3 is 2.72 bits per heavy atom. The number of H-pyrrole nitrogens is 1. The van der Waals surface area contributed by atoms with Crippen LogP contribution in [-0.2, 0) is 0 Å². The molecule has 0 saturated heterocycles. The van der Waals surface area contributed by atoms with E-state index in [9.17, 15) is 9.18 Å². The van der Waals surface area contributed by atoms with E-state index in [4.69, 9.17) is 0 Å². The van der Waals surface area contributed by atoms with E-state index in [-0.39, 0.29) is 11.7 Å². The standard InChI is InChI=1S/C12H11BrFN3O/c1-6-11(7(2)17-16-6)12(18)15-8-3-4-10(14)9(13)5-8/h3-5H,1-2H3,(H,15,18)(H,16,17). The van der Waals surface area contributed by atoms with E-state index in [1.54, 1.807) is 13.8 Å². The third-order valence-electron chi connectivity index (χ3n) is 2.53. The highest BCUT2D eigenvalue weighted by Gasteiger charge is 2.15. The number of halogens is 2. The average molecular weight is 312 g/mol. The number of benzene rings is 1. The van der Waals surface area contributed by atoms with Crippen molar-refractivity contribution >= 4 is 27.5 Å². The molecule has 2 aromatic rings. The van der Waals surface area contributed by atoms with E-state index in [2.05, 4.69) is 31.4 Å². The van der Waals surface area contributed by atoms with Crippen molar-refractivity contribution in [3.63, 3.8) is 0 Å². The van der Waals surface area contributed by atoms with Gasteiger partial charge in [0.1, 0.15) is 5.82 Å². The summed E-state index contributed by atoms with van der Waals surface area (Å²) in [7, 11) is 0. The summed E-state index contributed by atoms with van der Waals surface area (Å²) in [5.41, 5.74) is 2.36. The Morgan fingerprint density at radius 2 is 2.17 bits per heavy atom. The first-order chi connectivity index (χ1) is 8.49. The Kier molecular flexibility index (Phi) is 3.47. The molecular weight excluding hydrogens is 301 g/mol. The monoisotopic (exact) mass is 311 g/mol. The Bertz CT molecular complexity index is 590. The lowest BCUT2D eigenvalue weighted by molar-refractivity contribution is 0.102. The van der Waals surface area contributed by atoms with Crippen molar-refractivity contribution in [2.45, 2.75) is 13.8 Å². The van der Waals surface area contributed by atoms with Crippen LogP contribution in [0.3, 0.4) is 0 Å². The molecule has 0 unspecified atom stereocenters. The number of carbonyl (C=O) groups excluding carboxylic acids is 1. The lowest BCUT2D eigenvalue weighted by atomic mass is 10.2. The molecule has 2 rings (SSSR count). The Morgan fingerprint density at radius 1 is 1.44 bits per heavy atom. The SMILES string of the molecule is Cc1n[nH]c(C)c1C(=O)Nc1ccc(F)c(Br)c1. The van der Waals surface area contributed by atoms with Crippen molar-refractivity contribution in [2.75, 3.05) is 5.32 Å². The number of anilines is 1. The quantitative estimate of drug-likeness (QED) is 0.895. The molecule has 18 heavy (non-hydrogen) atoms. The maximum Gasteiger partial charge on any atom is 0.259 e. The second kappa shape index (κ2) is 4.89. The van der Waals surface area contributed by atoms with Crippen LogP contribution < -0.4 is 5.32 Å². The maximum atomic E-state index is 13.1. The first-order valence-corrected chi connectivity index (χ1v) is 6.06. The average Bonchev–Trinajstić information content (AvgIpc) is 2.64. The number of rotatable bonds is 2. The summed E-state index contributed by atoms with van der Waals surface area (Å²) in [5, 5.41) is 9.40. The highest BCUT2D eigenvalue weighted by Crippen LogP contribution is 2.21. The molecule has 6 heteroatoms. The van der Waals surface area contributed by atoms with E-state index >= 15 is 0 Å². The van der Waals surface area contributed by atoms with Crippen LogP contribution in [0.25, 0.3) is 0 Å². The van der Waals surface area contributed by atoms with Crippen LogP contribution in [-0.4, -0.2) is 16.1 Å². The molecule has 0 spiro atoms. The van der Waals surface area contributed by atoms with Crippen molar-refractivity contribution in [1.82, 2.24) is 10.2 Å². The fourth-order valence-electron chi connectivity index (χ4n) is 1.65. The number of aromatic amines is 1. The summed E-state index contributed by atoms with van der Waals surface area (Å²) >= 11 is 3.07. The summed E-state index contributed by atoms with van der Waals surface area (Å²) in [6, 6.07) is 4.30. The molecule has 0 fully saturated rings. The van der Waals surface area contributed by atoms with Gasteiger partial charge >= 0.3 is 0 Å². The molecule has 0 aliphatic carbocycles. The zero-order valence-electron chi connectivity index (χ0n) is 9.84. The van der Waals surface area contributed by atoms with Gasteiger partial charge in [-0.2, -0.15) is 5.10 Å². The molecule has 1 aromatic carbocycles. The minimum Gasteiger partial charge on any atom is -0.322 e. The van der Waals surface area contributed by atoms with Gasteiger partial charge in [-0.05, 0) is 48.0 Å². The van der Waals surface area contributed by atoms with Gasteiger partial charge in [-0.15, -0.1) is 0 Å². The fraction of sp³-hybridized carbons (Fsp3) is 0.167. The molecular formula is C12H11BrFN3O. The van der Waals surface area contributed by atoms with Gasteiger partial charge in [0.05, 0.1) is 15.7 Å². The molecule has 0 aliphatic rings. The van der Waals surface area contributed by atoms with Crippen LogP contribution >= 0.6 is 15.9 Å². The third kappa shape index (κ3) is 2.43. The third-order valence-corrected chi connectivity index (χ3v) is 3.14. The van der Waals surface area contributed by atoms with E-state index < -0.39 is 0 Å². The number of aromatic nitrogens is 2.